The molecule has 2 aliphatic carbocycles. The highest BCUT2D eigenvalue weighted by Gasteiger charge is 2.62. The Morgan fingerprint density at radius 3 is 2.44 bits per heavy atom. The van der Waals surface area contributed by atoms with Crippen molar-refractivity contribution in [3.8, 4) is 22.9 Å². The van der Waals surface area contributed by atoms with Gasteiger partial charge >= 0.3 is 6.09 Å². The number of nitrogens with one attached hydrogen (secondary N) is 3. The lowest BCUT2D eigenvalue weighted by Crippen LogP contribution is -2.59. The van der Waals surface area contributed by atoms with Gasteiger partial charge in [0.15, 0.2) is 0 Å². The molecule has 0 radical (unpaired) electrons. The van der Waals surface area contributed by atoms with Gasteiger partial charge in [0.25, 0.3) is 5.91 Å². The number of fused-ring (bicyclic) bond motifs is 3. The van der Waals surface area contributed by atoms with Gasteiger partial charge in [-0.1, -0.05) is 12.2 Å². The Balaban J connectivity index is 1.25. The minimum atomic E-state index is -3.92. The van der Waals surface area contributed by atoms with E-state index in [1.807, 2.05) is 91.6 Å². The highest BCUT2D eigenvalue weighted by molar-refractivity contribution is 7.91. The number of alkyl carbamates (subject to hydrolysis) is 1. The Kier molecular flexibility index (Phi) is 12.3. The van der Waals surface area contributed by atoms with Crippen molar-refractivity contribution in [3.05, 3.63) is 60.7 Å². The summed E-state index contributed by atoms with van der Waals surface area (Å²) in [4.78, 5) is 66.9. The molecular formula is C44H57N7O9S. The van der Waals surface area contributed by atoms with Crippen molar-refractivity contribution >= 4 is 50.3 Å². The van der Waals surface area contributed by atoms with E-state index in [9.17, 15) is 27.6 Å². The summed E-state index contributed by atoms with van der Waals surface area (Å²) in [5, 5.41) is 6.60. The van der Waals surface area contributed by atoms with E-state index in [2.05, 4.69) is 15.4 Å². The summed E-state index contributed by atoms with van der Waals surface area (Å²) in [5.41, 5.74) is 0.0325. The smallest absolute Gasteiger partial charge is 0.408 e. The van der Waals surface area contributed by atoms with E-state index in [-0.39, 0.29) is 25.9 Å². The first kappa shape index (κ1) is 43.7. The number of amides is 4. The number of methoxy groups -OCH3 is 1. The van der Waals surface area contributed by atoms with Crippen molar-refractivity contribution in [3.63, 3.8) is 0 Å². The van der Waals surface area contributed by atoms with E-state index < -0.39 is 74.3 Å². The van der Waals surface area contributed by atoms with Crippen molar-refractivity contribution in [2.45, 2.75) is 93.9 Å². The van der Waals surface area contributed by atoms with Crippen LogP contribution in [0, 0.1) is 5.92 Å². The van der Waals surface area contributed by atoms with Gasteiger partial charge in [-0.2, -0.15) is 0 Å². The van der Waals surface area contributed by atoms with Crippen molar-refractivity contribution in [2.75, 3.05) is 52.8 Å². The molecule has 4 aliphatic rings. The standard InChI is InChI=1S/C44H57N7O9S/c1-43(2,3)60-42(55)46-36-26-50(6)20-10-8-9-11-29-24-44(29,41(54)48-61(56,57)33-17-18-33)47-38(52)37-23-32(25-51(37)40(36)53)59-39-34-19-14-30(49(4)5)21-28(34)22-35(45-39)27-12-15-31(58-7)16-13-27/h9,11-16,19,21-22,29,32-33,36-37H,8,10,17-18,20,23-26H2,1-7H3,(H,46,55)(H,47,52)(H,48,54)/b11-9-/t29-,32?,36+,37+,44-/m1/s1. The zero-order valence-corrected chi connectivity index (χ0v) is 36.7. The molecule has 17 heteroatoms. The third-order valence-corrected chi connectivity index (χ3v) is 13.4. The summed E-state index contributed by atoms with van der Waals surface area (Å²) >= 11 is 0. The summed E-state index contributed by atoms with van der Waals surface area (Å²) in [7, 11) is 3.43. The van der Waals surface area contributed by atoms with Crippen LogP contribution in [-0.4, -0.2) is 129 Å². The van der Waals surface area contributed by atoms with Gasteiger partial charge in [-0.25, -0.2) is 18.2 Å². The van der Waals surface area contributed by atoms with Crippen LogP contribution in [0.4, 0.5) is 10.5 Å². The molecule has 1 unspecified atom stereocenters. The second kappa shape index (κ2) is 17.2. The topological polar surface area (TPSA) is 189 Å². The first-order chi connectivity index (χ1) is 28.9. The number of benzene rings is 2. The first-order valence-corrected chi connectivity index (χ1v) is 22.4. The van der Waals surface area contributed by atoms with Crippen LogP contribution >= 0.6 is 0 Å². The van der Waals surface area contributed by atoms with Crippen molar-refractivity contribution < 1.29 is 41.8 Å². The predicted molar refractivity (Wildman–Crippen MR) is 231 cm³/mol. The molecule has 1 saturated heterocycles. The van der Waals surface area contributed by atoms with Crippen LogP contribution in [0.1, 0.15) is 59.3 Å². The van der Waals surface area contributed by atoms with E-state index in [1.54, 1.807) is 27.9 Å². The molecule has 3 fully saturated rings. The number of pyridine rings is 1. The molecule has 2 aliphatic heterocycles. The van der Waals surface area contributed by atoms with E-state index in [4.69, 9.17) is 19.2 Å². The lowest BCUT2D eigenvalue weighted by Gasteiger charge is -2.32. The lowest BCUT2D eigenvalue weighted by atomic mass is 10.1. The summed E-state index contributed by atoms with van der Waals surface area (Å²) < 4.78 is 45.8. The number of anilines is 1. The Hall–Kier alpha value is -5.42. The van der Waals surface area contributed by atoms with Crippen LogP contribution in [0.5, 0.6) is 11.6 Å². The number of likely N-dealkylation sites (N-methyl/N-ethyl adjacent to an activating group) is 1. The van der Waals surface area contributed by atoms with Crippen LogP contribution in [0.15, 0.2) is 60.7 Å². The van der Waals surface area contributed by atoms with E-state index in [0.29, 0.717) is 54.9 Å². The van der Waals surface area contributed by atoms with Crippen LogP contribution in [-0.2, 0) is 29.1 Å². The average Bonchev–Trinajstić information content (AvgIpc) is 4.13. The van der Waals surface area contributed by atoms with Gasteiger partial charge in [0.05, 0.1) is 24.6 Å². The molecule has 3 N–H and O–H groups in total. The monoisotopic (exact) mass is 859 g/mol. The highest BCUT2D eigenvalue weighted by atomic mass is 32.2. The summed E-state index contributed by atoms with van der Waals surface area (Å²) in [6.45, 7) is 5.81. The van der Waals surface area contributed by atoms with Crippen LogP contribution in [0.3, 0.4) is 0 Å². The van der Waals surface area contributed by atoms with E-state index in [0.717, 1.165) is 16.6 Å². The van der Waals surface area contributed by atoms with Gasteiger partial charge in [0.1, 0.15) is 35.1 Å². The molecule has 2 saturated carbocycles. The molecule has 61 heavy (non-hydrogen) atoms. The first-order valence-electron chi connectivity index (χ1n) is 20.8. The van der Waals surface area contributed by atoms with Gasteiger partial charge in [0.2, 0.25) is 27.7 Å². The fourth-order valence-corrected chi connectivity index (χ4v) is 9.33. The maximum absolute atomic E-state index is 14.8. The number of aromatic nitrogens is 1. The molecule has 3 aromatic rings. The summed E-state index contributed by atoms with van der Waals surface area (Å²) in [6, 6.07) is 13.1. The quantitative estimate of drug-likeness (QED) is 0.263. The highest BCUT2D eigenvalue weighted by Crippen LogP contribution is 2.46. The molecule has 5 atom stereocenters. The zero-order valence-electron chi connectivity index (χ0n) is 35.9. The molecule has 328 valence electrons. The summed E-state index contributed by atoms with van der Waals surface area (Å²) in [6.07, 6.45) is 4.69. The van der Waals surface area contributed by atoms with Gasteiger partial charge < -0.3 is 39.5 Å². The van der Waals surface area contributed by atoms with Gasteiger partial charge in [-0.15, -0.1) is 0 Å². The predicted octanol–water partition coefficient (Wildman–Crippen LogP) is 3.98. The third-order valence-electron chi connectivity index (χ3n) is 11.5. The Morgan fingerprint density at radius 1 is 1.03 bits per heavy atom. The molecule has 0 bridgehead atoms. The largest absolute Gasteiger partial charge is 0.497 e. The number of carbonyl (C=O) groups excluding carboxylic acids is 4. The fraction of sp³-hybridized carbons (Fsp3) is 0.523. The van der Waals surface area contributed by atoms with E-state index in [1.165, 1.54) is 4.90 Å². The molecule has 4 amide bonds. The number of sulfonamides is 1. The molecule has 3 heterocycles. The maximum Gasteiger partial charge on any atom is 0.408 e. The Morgan fingerprint density at radius 2 is 1.77 bits per heavy atom. The number of hydrogen-bond acceptors (Lipinski definition) is 12. The number of nitrogens with zero attached hydrogens (tertiary/aromatic N) is 4. The number of hydrogen-bond donors (Lipinski definition) is 3. The molecule has 7 rings (SSSR count). The lowest BCUT2D eigenvalue weighted by molar-refractivity contribution is -0.141. The number of carbonyl (C=O) groups is 4. The van der Waals surface area contributed by atoms with Crippen molar-refractivity contribution in [1.82, 2.24) is 30.1 Å². The van der Waals surface area contributed by atoms with Gasteiger partial charge in [-0.3, -0.25) is 19.1 Å². The van der Waals surface area contributed by atoms with Crippen LogP contribution < -0.4 is 29.7 Å². The fourth-order valence-electron chi connectivity index (χ4n) is 7.97. The van der Waals surface area contributed by atoms with Crippen LogP contribution in [0.25, 0.3) is 22.0 Å². The van der Waals surface area contributed by atoms with Gasteiger partial charge in [0, 0.05) is 49.6 Å². The molecule has 1 aromatic heterocycles. The normalized spacial score (nSPS) is 25.5. The Labute approximate surface area is 357 Å². The number of allylic oxidation sites excluding steroid dienone is 1. The Bertz CT molecular complexity index is 2310. The number of ether oxygens (including phenoxy) is 3. The third kappa shape index (κ3) is 10.0. The van der Waals surface area contributed by atoms with Crippen molar-refractivity contribution in [1.29, 1.82) is 0 Å². The second-order valence-corrected chi connectivity index (χ2v) is 19.8. The molecule has 2 aromatic carbocycles. The number of rotatable bonds is 9. The SMILES string of the molecule is COc1ccc(-c2cc3cc(N(C)C)ccc3c(OC3C[C@H]4C(=O)N[C@]5(C(=O)NS(=O)(=O)C6CC6)C[C@H]5/C=C\CCCN(C)C[C@H](NC(=O)OC(C)(C)C)C(=O)N4C3)n2)cc1. The van der Waals surface area contributed by atoms with Crippen LogP contribution in [0.2, 0.25) is 0 Å². The van der Waals surface area contributed by atoms with E-state index >= 15 is 0 Å². The zero-order chi connectivity index (χ0) is 43.9. The maximum atomic E-state index is 14.8. The minimum Gasteiger partial charge on any atom is -0.497 e. The van der Waals surface area contributed by atoms with Gasteiger partial charge in [-0.05, 0) is 120 Å². The average molecular weight is 860 g/mol. The molecule has 0 spiro atoms. The molecule has 16 nitrogen and oxygen atoms in total. The minimum absolute atomic E-state index is 0.0108. The second-order valence-electron chi connectivity index (χ2n) is 17.8. The van der Waals surface area contributed by atoms with Crippen molar-refractivity contribution in [2.24, 2.45) is 5.92 Å². The summed E-state index contributed by atoms with van der Waals surface area (Å²) in [5.74, 6) is -1.46. The molecular weight excluding hydrogens is 803 g/mol.